The van der Waals surface area contributed by atoms with Crippen LogP contribution in [0.25, 0.3) is 0 Å². The van der Waals surface area contributed by atoms with Crippen molar-refractivity contribution in [1.82, 2.24) is 15.1 Å². The van der Waals surface area contributed by atoms with E-state index in [9.17, 15) is 9.59 Å². The maximum atomic E-state index is 12.4. The molecular formula is C18H27N3O3. The maximum Gasteiger partial charge on any atom is 0.242 e. The highest BCUT2D eigenvalue weighted by atomic mass is 16.5. The lowest BCUT2D eigenvalue weighted by molar-refractivity contribution is -0.139. The lowest BCUT2D eigenvalue weighted by atomic mass is 10.1. The van der Waals surface area contributed by atoms with E-state index < -0.39 is 6.04 Å². The number of benzene rings is 1. The molecule has 6 heteroatoms. The zero-order valence-electron chi connectivity index (χ0n) is 14.5. The molecule has 2 rings (SSSR count). The lowest BCUT2D eigenvalue weighted by Gasteiger charge is -2.29. The van der Waals surface area contributed by atoms with Gasteiger partial charge in [0.15, 0.2) is 0 Å². The fourth-order valence-corrected chi connectivity index (χ4v) is 2.75. The normalized spacial score (nSPS) is 16.4. The molecule has 6 nitrogen and oxygen atoms in total. The Morgan fingerprint density at radius 2 is 1.92 bits per heavy atom. The van der Waals surface area contributed by atoms with E-state index in [0.717, 1.165) is 38.4 Å². The van der Waals surface area contributed by atoms with Gasteiger partial charge in [0.1, 0.15) is 6.04 Å². The molecule has 0 aromatic heterocycles. The van der Waals surface area contributed by atoms with Crippen LogP contribution in [0.5, 0.6) is 0 Å². The van der Waals surface area contributed by atoms with Crippen molar-refractivity contribution in [3.8, 4) is 0 Å². The minimum Gasteiger partial charge on any atom is -0.379 e. The maximum absolute atomic E-state index is 12.4. The van der Waals surface area contributed by atoms with Gasteiger partial charge in [-0.25, -0.2) is 0 Å². The minimum absolute atomic E-state index is 0.102. The summed E-state index contributed by atoms with van der Waals surface area (Å²) in [6.07, 6.45) is 0. The highest BCUT2D eigenvalue weighted by Gasteiger charge is 2.23. The molecule has 2 amide bonds. The van der Waals surface area contributed by atoms with Crippen LogP contribution in [-0.4, -0.2) is 67.0 Å². The van der Waals surface area contributed by atoms with E-state index in [-0.39, 0.29) is 11.8 Å². The zero-order valence-corrected chi connectivity index (χ0v) is 14.5. The van der Waals surface area contributed by atoms with E-state index in [1.54, 1.807) is 11.8 Å². The van der Waals surface area contributed by atoms with Crippen molar-refractivity contribution >= 4 is 11.8 Å². The molecule has 0 bridgehead atoms. The van der Waals surface area contributed by atoms with E-state index in [1.165, 1.54) is 6.92 Å². The van der Waals surface area contributed by atoms with E-state index >= 15 is 0 Å². The predicted molar refractivity (Wildman–Crippen MR) is 92.4 cm³/mol. The summed E-state index contributed by atoms with van der Waals surface area (Å²) in [5.74, 6) is -0.218. The molecule has 1 aliphatic rings. The van der Waals surface area contributed by atoms with Crippen LogP contribution in [0.2, 0.25) is 0 Å². The van der Waals surface area contributed by atoms with Crippen LogP contribution < -0.4 is 5.32 Å². The number of amides is 2. The quantitative estimate of drug-likeness (QED) is 0.804. The second-order valence-electron chi connectivity index (χ2n) is 6.05. The van der Waals surface area contributed by atoms with Crippen LogP contribution in [0.4, 0.5) is 0 Å². The lowest BCUT2D eigenvalue weighted by Crippen LogP contribution is -2.49. The molecular weight excluding hydrogens is 306 g/mol. The molecule has 1 aliphatic heterocycles. The van der Waals surface area contributed by atoms with Gasteiger partial charge >= 0.3 is 0 Å². The Balaban J connectivity index is 1.82. The van der Waals surface area contributed by atoms with Gasteiger partial charge in [0, 0.05) is 39.6 Å². The van der Waals surface area contributed by atoms with E-state index in [4.69, 9.17) is 4.74 Å². The largest absolute Gasteiger partial charge is 0.379 e. The number of hydrogen-bond acceptors (Lipinski definition) is 4. The molecule has 1 heterocycles. The van der Waals surface area contributed by atoms with Gasteiger partial charge in [-0.05, 0) is 12.5 Å². The molecule has 1 N–H and O–H groups in total. The fourth-order valence-electron chi connectivity index (χ4n) is 2.75. The summed E-state index contributed by atoms with van der Waals surface area (Å²) in [5.41, 5.74) is 1.01. The molecule has 1 aromatic rings. The Morgan fingerprint density at radius 1 is 1.25 bits per heavy atom. The van der Waals surface area contributed by atoms with E-state index in [2.05, 4.69) is 10.2 Å². The number of nitrogens with one attached hydrogen (secondary N) is 1. The van der Waals surface area contributed by atoms with Crippen molar-refractivity contribution < 1.29 is 14.3 Å². The topological polar surface area (TPSA) is 61.9 Å². The second-order valence-corrected chi connectivity index (χ2v) is 6.05. The molecule has 1 saturated heterocycles. The third kappa shape index (κ3) is 5.62. The number of rotatable bonds is 7. The summed E-state index contributed by atoms with van der Waals surface area (Å²) in [6, 6.07) is 9.22. The van der Waals surface area contributed by atoms with E-state index in [0.29, 0.717) is 13.1 Å². The number of morpholine rings is 1. The van der Waals surface area contributed by atoms with Crippen LogP contribution in [0.1, 0.15) is 19.4 Å². The minimum atomic E-state index is -0.493. The summed E-state index contributed by atoms with van der Waals surface area (Å²) < 4.78 is 5.31. The number of carbonyl (C=O) groups is 2. The van der Waals surface area contributed by atoms with Crippen molar-refractivity contribution in [2.45, 2.75) is 26.4 Å². The Bertz CT molecular complexity index is 530. The first kappa shape index (κ1) is 18.4. The van der Waals surface area contributed by atoms with Gasteiger partial charge in [-0.15, -0.1) is 0 Å². The molecule has 24 heavy (non-hydrogen) atoms. The number of ether oxygens (including phenoxy) is 1. The number of hydrogen-bond donors (Lipinski definition) is 1. The standard InChI is InChI=1S/C18H27N3O3/c1-15(18(23)19-8-9-20-10-12-24-13-11-20)21(16(2)22)14-17-6-4-3-5-7-17/h3-7,15H,8-14H2,1-2H3,(H,19,23)/t15-/m1/s1. The van der Waals surface area contributed by atoms with Crippen LogP contribution in [-0.2, 0) is 20.9 Å². The second kappa shape index (κ2) is 9.39. The van der Waals surface area contributed by atoms with Crippen LogP contribution >= 0.6 is 0 Å². The number of carbonyl (C=O) groups excluding carboxylic acids is 2. The van der Waals surface area contributed by atoms with Crippen LogP contribution in [0.15, 0.2) is 30.3 Å². The van der Waals surface area contributed by atoms with Gasteiger partial charge in [-0.3, -0.25) is 14.5 Å². The Kier molecular flexibility index (Phi) is 7.21. The van der Waals surface area contributed by atoms with Crippen LogP contribution in [0.3, 0.4) is 0 Å². The van der Waals surface area contributed by atoms with Gasteiger partial charge < -0.3 is 15.0 Å². The molecule has 0 saturated carbocycles. The zero-order chi connectivity index (χ0) is 17.4. The molecule has 0 aliphatic carbocycles. The number of nitrogens with zero attached hydrogens (tertiary/aromatic N) is 2. The average Bonchev–Trinajstić information content (AvgIpc) is 2.60. The fraction of sp³-hybridized carbons (Fsp3) is 0.556. The summed E-state index contributed by atoms with van der Waals surface area (Å²) in [7, 11) is 0. The van der Waals surface area contributed by atoms with Crippen molar-refractivity contribution in [2.24, 2.45) is 0 Å². The van der Waals surface area contributed by atoms with Gasteiger partial charge in [0.05, 0.1) is 13.2 Å². The molecule has 1 fully saturated rings. The summed E-state index contributed by atoms with van der Waals surface area (Å²) >= 11 is 0. The van der Waals surface area contributed by atoms with E-state index in [1.807, 2.05) is 30.3 Å². The highest BCUT2D eigenvalue weighted by Crippen LogP contribution is 2.09. The Labute approximate surface area is 143 Å². The van der Waals surface area contributed by atoms with Gasteiger partial charge in [-0.1, -0.05) is 30.3 Å². The first-order valence-electron chi connectivity index (χ1n) is 8.47. The molecule has 0 radical (unpaired) electrons. The SMILES string of the molecule is CC(=O)N(Cc1ccccc1)[C@H](C)C(=O)NCCN1CCOCC1. The van der Waals surface area contributed by atoms with Crippen molar-refractivity contribution in [3.63, 3.8) is 0 Å². The van der Waals surface area contributed by atoms with Crippen molar-refractivity contribution in [2.75, 3.05) is 39.4 Å². The van der Waals surface area contributed by atoms with Crippen molar-refractivity contribution in [3.05, 3.63) is 35.9 Å². The van der Waals surface area contributed by atoms with Gasteiger partial charge in [-0.2, -0.15) is 0 Å². The smallest absolute Gasteiger partial charge is 0.242 e. The van der Waals surface area contributed by atoms with Crippen LogP contribution in [0, 0.1) is 0 Å². The Morgan fingerprint density at radius 3 is 2.54 bits per heavy atom. The molecule has 132 valence electrons. The molecule has 0 unspecified atom stereocenters. The predicted octanol–water partition coefficient (Wildman–Crippen LogP) is 0.872. The van der Waals surface area contributed by atoms with Crippen molar-refractivity contribution in [1.29, 1.82) is 0 Å². The highest BCUT2D eigenvalue weighted by molar-refractivity contribution is 5.86. The monoisotopic (exact) mass is 333 g/mol. The van der Waals surface area contributed by atoms with Gasteiger partial charge in [0.25, 0.3) is 0 Å². The third-order valence-electron chi connectivity index (χ3n) is 4.28. The van der Waals surface area contributed by atoms with Gasteiger partial charge in [0.2, 0.25) is 11.8 Å². The summed E-state index contributed by atoms with van der Waals surface area (Å²) in [4.78, 5) is 28.2. The molecule has 0 spiro atoms. The molecule has 1 atom stereocenters. The first-order chi connectivity index (χ1) is 11.6. The first-order valence-corrected chi connectivity index (χ1v) is 8.47. The summed E-state index contributed by atoms with van der Waals surface area (Å²) in [5, 5.41) is 2.94. The Hall–Kier alpha value is -1.92. The molecule has 1 aromatic carbocycles. The third-order valence-corrected chi connectivity index (χ3v) is 4.28. The summed E-state index contributed by atoms with van der Waals surface area (Å²) in [6.45, 7) is 8.40. The average molecular weight is 333 g/mol.